The number of nitro benzene ring substituents is 1. The molecule has 0 saturated heterocycles. The van der Waals surface area contributed by atoms with Gasteiger partial charge in [-0.1, -0.05) is 231 Å². The van der Waals surface area contributed by atoms with E-state index in [2.05, 4.69) is 102 Å². The maximum Gasteiger partial charge on any atom is 0.416 e. The van der Waals surface area contributed by atoms with Crippen molar-refractivity contribution in [1.82, 2.24) is 0 Å². The zero-order valence-corrected chi connectivity index (χ0v) is 82.7. The summed E-state index contributed by atoms with van der Waals surface area (Å²) in [4.78, 5) is 98.5. The molecule has 0 unspecified atom stereocenters. The second-order valence-electron chi connectivity index (χ2n) is 26.4. The van der Waals surface area contributed by atoms with Gasteiger partial charge in [0.25, 0.3) is 5.69 Å². The van der Waals surface area contributed by atoms with Gasteiger partial charge >= 0.3 is 78.6 Å². The summed E-state index contributed by atoms with van der Waals surface area (Å²) >= 11 is 23.7. The fourth-order valence-corrected chi connectivity index (χ4v) is 22.8. The minimum absolute atomic E-state index is 0.0109. The normalized spacial score (nSPS) is 12.6. The van der Waals surface area contributed by atoms with Crippen molar-refractivity contribution in [3.05, 3.63) is 349 Å². The van der Waals surface area contributed by atoms with Crippen LogP contribution in [0.2, 0.25) is 0 Å². The third-order valence-corrected chi connectivity index (χ3v) is 31.4. The summed E-state index contributed by atoms with van der Waals surface area (Å²) in [5.41, 5.74) is -20.8. The molecule has 0 saturated carbocycles. The van der Waals surface area contributed by atoms with Crippen LogP contribution in [0.15, 0.2) is 235 Å². The molecule has 10 aromatic carbocycles. The van der Waals surface area contributed by atoms with Crippen molar-refractivity contribution in [3.63, 3.8) is 0 Å². The van der Waals surface area contributed by atoms with Crippen LogP contribution in [0.1, 0.15) is 94.6 Å². The molecule has 0 aliphatic carbocycles. The van der Waals surface area contributed by atoms with E-state index in [9.17, 15) is 108 Å². The van der Waals surface area contributed by atoms with Crippen molar-refractivity contribution < 1.29 is 151 Å². The summed E-state index contributed by atoms with van der Waals surface area (Å²) < 4.78 is 284. The molecule has 128 heavy (non-hydrogen) atoms. The second-order valence-corrected chi connectivity index (χ2v) is 45.0. The summed E-state index contributed by atoms with van der Waals surface area (Å²) in [6.45, 7) is 0. The largest absolute Gasteiger partial charge is 0.416 e. The molecule has 0 fully saturated rings. The number of hydrogen-bond donors (Lipinski definition) is 10. The van der Waals surface area contributed by atoms with Gasteiger partial charge in [-0.3, -0.25) is 32.9 Å². The van der Waals surface area contributed by atoms with Crippen LogP contribution < -0.4 is 0 Å². The van der Waals surface area contributed by atoms with E-state index < -0.39 is 123 Å². The number of nitro groups is 1. The van der Waals surface area contributed by atoms with E-state index >= 15 is 0 Å². The Kier molecular flexibility index (Phi) is 42.0. The summed E-state index contributed by atoms with van der Waals surface area (Å²) in [6.07, 6.45) is -8.89. The molecule has 0 aromatic heterocycles. The lowest BCUT2D eigenvalue weighted by Gasteiger charge is -2.19. The van der Waals surface area contributed by atoms with Gasteiger partial charge in [0.15, 0.2) is 0 Å². The Balaban J connectivity index is 0.000000247. The maximum atomic E-state index is 13.8. The van der Waals surface area contributed by atoms with Crippen LogP contribution in [-0.4, -0.2) is 53.9 Å². The number of thioether (sulfide) groups is 5. The number of hydrogen-bond acceptors (Lipinski definition) is 12. The molecule has 0 aliphatic rings. The molecule has 10 rings (SSSR count). The first kappa shape index (κ1) is 113. The molecule has 0 spiro atoms. The molecule has 10 N–H and O–H groups in total. The highest BCUT2D eigenvalue weighted by Crippen LogP contribution is 2.65. The van der Waals surface area contributed by atoms with E-state index in [1.807, 2.05) is 24.3 Å². The van der Waals surface area contributed by atoms with Crippen molar-refractivity contribution >= 4 is 205 Å². The lowest BCUT2D eigenvalue weighted by atomic mass is 10.1. The van der Waals surface area contributed by atoms with E-state index in [4.69, 9.17) is 48.9 Å². The lowest BCUT2D eigenvalue weighted by Crippen LogP contribution is -2.14. The molecule has 0 radical (unpaired) electrons. The van der Waals surface area contributed by atoms with Crippen LogP contribution in [0.4, 0.5) is 80.3 Å². The molecule has 0 atom stereocenters. The zero-order chi connectivity index (χ0) is 96.4. The average Bonchev–Trinajstić information content (AvgIpc) is 0.796. The molecule has 10 aromatic rings. The second kappa shape index (κ2) is 47.7. The van der Waals surface area contributed by atoms with Crippen molar-refractivity contribution in [3.8, 4) is 0 Å². The molecule has 0 aliphatic heterocycles. The van der Waals surface area contributed by atoms with E-state index in [0.717, 1.165) is 71.6 Å². The topological polar surface area (TPSA) is 331 Å². The van der Waals surface area contributed by atoms with E-state index in [-0.39, 0.29) is 56.7 Å². The number of benzene rings is 10. The Morgan fingerprint density at radius 2 is 0.555 bits per heavy atom. The predicted molar refractivity (Wildman–Crippen MR) is 487 cm³/mol. The summed E-state index contributed by atoms with van der Waals surface area (Å²) in [6, 6.07) is 49.1. The number of halogens is 23. The minimum atomic E-state index is -5.69. The quantitative estimate of drug-likeness (QED) is 0.00634. The van der Waals surface area contributed by atoms with E-state index in [1.54, 1.807) is 54.2 Å². The third kappa shape index (κ3) is 32.1. The van der Waals surface area contributed by atoms with Crippen LogP contribution in [0.25, 0.3) is 0 Å². The first-order chi connectivity index (χ1) is 58.9. The summed E-state index contributed by atoms with van der Waals surface area (Å²) in [5, 5.41) is 11.0. The third-order valence-electron chi connectivity index (χ3n) is 16.9. The van der Waals surface area contributed by atoms with Crippen LogP contribution in [0.3, 0.4) is 0 Å². The first-order valence-electron chi connectivity index (χ1n) is 35.0. The van der Waals surface area contributed by atoms with Gasteiger partial charge in [-0.15, -0.1) is 0 Å². The average molecular weight is 2440 g/mol. The fourth-order valence-electron chi connectivity index (χ4n) is 10.5. The summed E-state index contributed by atoms with van der Waals surface area (Å²) in [5.74, 6) is 3.57. The highest BCUT2D eigenvalue weighted by molar-refractivity contribution is 14.1. The predicted octanol–water partition coefficient (Wildman–Crippen LogP) is 28.2. The van der Waals surface area contributed by atoms with Gasteiger partial charge in [0, 0.05) is 123 Å². The molecule has 18 nitrogen and oxygen atoms in total. The Hall–Kier alpha value is -3.96. The van der Waals surface area contributed by atoms with Gasteiger partial charge in [-0.25, -0.2) is 4.39 Å². The highest BCUT2D eigenvalue weighted by Gasteiger charge is 2.55. The van der Waals surface area contributed by atoms with Crippen molar-refractivity contribution in [2.24, 2.45) is 0 Å². The Morgan fingerprint density at radius 3 is 0.852 bits per heavy atom. The molecule has 0 amide bonds. The number of nitrogens with zero attached hydrogens (tertiary/aromatic N) is 1. The van der Waals surface area contributed by atoms with Crippen LogP contribution in [0, 0.1) is 19.5 Å². The number of alkyl halides is 16. The number of para-hydroxylation sites is 1. The molecule has 0 heterocycles. The van der Waals surface area contributed by atoms with Gasteiger partial charge < -0.3 is 48.9 Å². The Labute approximate surface area is 795 Å². The lowest BCUT2D eigenvalue weighted by molar-refractivity contribution is -0.385. The monoisotopic (exact) mass is 2430 g/mol. The minimum Gasteiger partial charge on any atom is -0.320 e. The van der Waals surface area contributed by atoms with Gasteiger partial charge in [-0.05, 0) is 127 Å². The molecule has 696 valence electrons. The molecular weight excluding hydrogens is 2380 g/mol. The number of rotatable bonds is 31. The highest BCUT2D eigenvalue weighted by atomic mass is 127. The Bertz CT molecular complexity index is 5660. The van der Waals surface area contributed by atoms with Gasteiger partial charge in [0.05, 0.1) is 16.1 Å². The van der Waals surface area contributed by atoms with Crippen molar-refractivity contribution in [2.75, 3.05) is 0 Å². The fraction of sp³-hybridized carbons (Fsp3) is 0.221. The first-order valence-corrected chi connectivity index (χ1v) is 53.8. The van der Waals surface area contributed by atoms with Crippen LogP contribution >= 0.6 is 199 Å². The van der Waals surface area contributed by atoms with Crippen LogP contribution in [0.5, 0.6) is 0 Å². The van der Waals surface area contributed by atoms with Crippen molar-refractivity contribution in [2.45, 2.75) is 98.2 Å². The molecule has 51 heteroatoms. The van der Waals surface area contributed by atoms with E-state index in [0.29, 0.717) is 73.5 Å². The molecular formula is C77H65Br5F17INO17P5S5. The van der Waals surface area contributed by atoms with Crippen molar-refractivity contribution in [1.29, 1.82) is 0 Å². The maximum absolute atomic E-state index is 13.8. The van der Waals surface area contributed by atoms with Gasteiger partial charge in [-0.2, -0.15) is 129 Å². The SMILES string of the molecule is O=P(O)(O)C(F)(F)c1ccc(CSCc2cccc(C(F)(F)F)c2)cc1Br.O=P(O)(O)C(F)(F)c1ccc(CSCc2ccccc2C(F)(F)F)cc1Br.O=P(O)(O)C(F)(F)c1ccc(CSCc2ccccc2F)cc1Br.O=P(O)(O)C(F)(F)c1ccc(CSCc2ccccc2I)cc1Br.O=[N+]([O-])c1ccccc1CSCc1ccc(C(F)(F)P(=O)(O)O)c(Br)c1. The Morgan fingerprint density at radius 1 is 0.297 bits per heavy atom. The van der Waals surface area contributed by atoms with E-state index in [1.165, 1.54) is 141 Å². The smallest absolute Gasteiger partial charge is 0.320 e. The zero-order valence-electron chi connectivity index (χ0n) is 64.0. The molecule has 0 bridgehead atoms. The standard InChI is InChI=1S/2C16H13BrF5O3PS.C15H13BrF3O3PS.C15H13BrF2IO3PS.C15H13BrF2NO5PS/c17-14-7-11(4-5-13(14)16(21,22)26(23,24)25)9-27-8-10-2-1-3-12(6-10)15(18,19)20;17-14-7-10(5-6-13(14)16(21,22)26(23,24)25)8-27-9-11-3-1-2-4-12(11)15(18,19)20;16-13-7-10(5-6-12(13)15(18,19)23(20,21)22)8-24-9-11-3-1-2-4-14(11)17;16-13-7-10(5-6-12(13)15(17,18)23(20,21)22)8-24-9-11-3-1-2-4-14(11)19;16-13-7-10(5-6-12(13)15(17,18)25(22,23)24)8-26-9-11-3-1-2-4-14(11)19(20)21/h2*1-7H,8-9H2,(H2,23,24,25);2*1-7H,8-9H2,(H2,20,21,22);1-7H,8-9H2,(H2,22,23,24). The van der Waals surface area contributed by atoms with Gasteiger partial charge in [0.1, 0.15) is 5.82 Å². The summed E-state index contributed by atoms with van der Waals surface area (Å²) in [7, 11) is -28.2. The van der Waals surface area contributed by atoms with Gasteiger partial charge in [0.2, 0.25) is 0 Å². The van der Waals surface area contributed by atoms with Crippen LogP contribution in [-0.2, 0) is 121 Å².